The minimum absolute atomic E-state index is 0.0467. The fourth-order valence-corrected chi connectivity index (χ4v) is 2.72. The van der Waals surface area contributed by atoms with E-state index >= 15 is 0 Å². The molecule has 0 aliphatic heterocycles. The molecule has 0 saturated heterocycles. The van der Waals surface area contributed by atoms with Crippen LogP contribution in [0, 0.1) is 12.8 Å². The van der Waals surface area contributed by atoms with Crippen LogP contribution in [-0.2, 0) is 4.79 Å². The minimum atomic E-state index is -0.450. The first-order chi connectivity index (χ1) is 13.0. The molecule has 0 radical (unpaired) electrons. The highest BCUT2D eigenvalue weighted by molar-refractivity contribution is 5.95. The lowest BCUT2D eigenvalue weighted by molar-refractivity contribution is -0.119. The molecule has 0 saturated carbocycles. The van der Waals surface area contributed by atoms with Gasteiger partial charge in [0.25, 0.3) is 0 Å². The van der Waals surface area contributed by atoms with E-state index in [0.29, 0.717) is 12.5 Å². The third-order valence-corrected chi connectivity index (χ3v) is 4.27. The second kappa shape index (κ2) is 10.5. The summed E-state index contributed by atoms with van der Waals surface area (Å²) in [5, 5.41) is 8.33. The molecule has 27 heavy (non-hydrogen) atoms. The Morgan fingerprint density at radius 2 is 1.56 bits per heavy atom. The predicted octanol–water partition coefficient (Wildman–Crippen LogP) is 3.55. The molecule has 0 spiro atoms. The maximum Gasteiger partial charge on any atom is 0.321 e. The molecule has 144 valence electrons. The van der Waals surface area contributed by atoms with Gasteiger partial charge in [-0.1, -0.05) is 74.0 Å². The molecule has 0 aromatic heterocycles. The van der Waals surface area contributed by atoms with E-state index in [2.05, 4.69) is 54.1 Å². The maximum atomic E-state index is 12.1. The molecular weight excluding hydrogens is 338 g/mol. The highest BCUT2D eigenvalue weighted by Crippen LogP contribution is 2.22. The summed E-state index contributed by atoms with van der Waals surface area (Å²) in [6.45, 7) is 6.82. The summed E-state index contributed by atoms with van der Waals surface area (Å²) in [5.41, 5.74) is 3.32. The number of aryl methyl sites for hydroxylation is 1. The van der Waals surface area contributed by atoms with Gasteiger partial charge in [-0.2, -0.15) is 0 Å². The van der Waals surface area contributed by atoms with Crippen molar-refractivity contribution in [3.63, 3.8) is 0 Å². The molecule has 0 unspecified atom stereocenters. The van der Waals surface area contributed by atoms with Crippen LogP contribution in [-0.4, -0.2) is 25.0 Å². The molecule has 2 aromatic rings. The standard InChI is InChI=1S/C22H29N3O2/c1-16(2)13-14-23-22(27)25-20(26)15-24-21(18-7-5-4-6-8-18)19-11-9-17(3)10-12-19/h4-12,16,21,24H,13-15H2,1-3H3,(H2,23,25,26,27)/t21-/m0/s1. The monoisotopic (exact) mass is 367 g/mol. The van der Waals surface area contributed by atoms with Crippen molar-refractivity contribution >= 4 is 11.9 Å². The number of urea groups is 1. The zero-order valence-corrected chi connectivity index (χ0v) is 16.3. The number of hydrogen-bond donors (Lipinski definition) is 3. The van der Waals surface area contributed by atoms with Gasteiger partial charge >= 0.3 is 6.03 Å². The van der Waals surface area contributed by atoms with Gasteiger partial charge in [-0.15, -0.1) is 0 Å². The Hall–Kier alpha value is -2.66. The summed E-state index contributed by atoms with van der Waals surface area (Å²) in [5.74, 6) is 0.147. The molecular formula is C22H29N3O2. The van der Waals surface area contributed by atoms with E-state index in [0.717, 1.165) is 17.5 Å². The van der Waals surface area contributed by atoms with Gasteiger partial charge in [0.2, 0.25) is 5.91 Å². The minimum Gasteiger partial charge on any atom is -0.338 e. The number of hydrogen-bond acceptors (Lipinski definition) is 3. The van der Waals surface area contributed by atoms with E-state index in [1.54, 1.807) is 0 Å². The van der Waals surface area contributed by atoms with Crippen LogP contribution in [0.4, 0.5) is 4.79 Å². The predicted molar refractivity (Wildman–Crippen MR) is 108 cm³/mol. The molecule has 5 heteroatoms. The highest BCUT2D eigenvalue weighted by atomic mass is 16.2. The first-order valence-electron chi connectivity index (χ1n) is 9.38. The van der Waals surface area contributed by atoms with Crippen LogP contribution in [0.25, 0.3) is 0 Å². The third kappa shape index (κ3) is 7.23. The van der Waals surface area contributed by atoms with Crippen molar-refractivity contribution in [2.45, 2.75) is 33.2 Å². The molecule has 3 amide bonds. The van der Waals surface area contributed by atoms with E-state index in [-0.39, 0.29) is 18.5 Å². The summed E-state index contributed by atoms with van der Waals surface area (Å²) < 4.78 is 0. The fourth-order valence-electron chi connectivity index (χ4n) is 2.72. The number of carbonyl (C=O) groups excluding carboxylic acids is 2. The lowest BCUT2D eigenvalue weighted by Crippen LogP contribution is -2.44. The van der Waals surface area contributed by atoms with Crippen molar-refractivity contribution in [2.75, 3.05) is 13.1 Å². The summed E-state index contributed by atoms with van der Waals surface area (Å²) in [4.78, 5) is 23.9. The molecule has 0 aliphatic carbocycles. The summed E-state index contributed by atoms with van der Waals surface area (Å²) in [6, 6.07) is 17.6. The van der Waals surface area contributed by atoms with Crippen molar-refractivity contribution in [1.82, 2.24) is 16.0 Å². The molecule has 5 nitrogen and oxygen atoms in total. The van der Waals surface area contributed by atoms with Crippen molar-refractivity contribution < 1.29 is 9.59 Å². The SMILES string of the molecule is Cc1ccc([C@@H](NCC(=O)NC(=O)NCCC(C)C)c2ccccc2)cc1. The molecule has 0 heterocycles. The Morgan fingerprint density at radius 1 is 0.926 bits per heavy atom. The molecule has 2 aromatic carbocycles. The van der Waals surface area contributed by atoms with Crippen LogP contribution in [0.15, 0.2) is 54.6 Å². The largest absolute Gasteiger partial charge is 0.338 e. The van der Waals surface area contributed by atoms with Crippen molar-refractivity contribution in [1.29, 1.82) is 0 Å². The molecule has 0 bridgehead atoms. The highest BCUT2D eigenvalue weighted by Gasteiger charge is 2.16. The van der Waals surface area contributed by atoms with Crippen molar-refractivity contribution in [3.05, 3.63) is 71.3 Å². The van der Waals surface area contributed by atoms with E-state index in [9.17, 15) is 9.59 Å². The topological polar surface area (TPSA) is 70.2 Å². The van der Waals surface area contributed by atoms with Gasteiger partial charge in [-0.25, -0.2) is 4.79 Å². The average molecular weight is 367 g/mol. The normalized spacial score (nSPS) is 11.9. The quantitative estimate of drug-likeness (QED) is 0.668. The molecule has 2 rings (SSSR count). The molecule has 0 aliphatic rings. The Balaban J connectivity index is 1.95. The van der Waals surface area contributed by atoms with E-state index in [4.69, 9.17) is 0 Å². The second-order valence-corrected chi connectivity index (χ2v) is 7.12. The Morgan fingerprint density at radius 3 is 2.19 bits per heavy atom. The van der Waals surface area contributed by atoms with Crippen LogP contribution in [0.5, 0.6) is 0 Å². The average Bonchev–Trinajstić information content (AvgIpc) is 2.64. The fraction of sp³-hybridized carbons (Fsp3) is 0.364. The maximum absolute atomic E-state index is 12.1. The Kier molecular flexibility index (Phi) is 8.01. The van der Waals surface area contributed by atoms with Gasteiger partial charge in [0, 0.05) is 6.54 Å². The van der Waals surface area contributed by atoms with Crippen LogP contribution < -0.4 is 16.0 Å². The number of nitrogens with one attached hydrogen (secondary N) is 3. The number of benzene rings is 2. The van der Waals surface area contributed by atoms with Gasteiger partial charge in [-0.3, -0.25) is 15.4 Å². The van der Waals surface area contributed by atoms with Gasteiger partial charge in [0.1, 0.15) is 0 Å². The van der Waals surface area contributed by atoms with Crippen LogP contribution in [0.1, 0.15) is 43.0 Å². The van der Waals surface area contributed by atoms with Crippen LogP contribution in [0.3, 0.4) is 0 Å². The lowest BCUT2D eigenvalue weighted by atomic mass is 9.98. The molecule has 3 N–H and O–H groups in total. The summed E-state index contributed by atoms with van der Waals surface area (Å²) in [6.07, 6.45) is 0.878. The molecule has 1 atom stereocenters. The second-order valence-electron chi connectivity index (χ2n) is 7.12. The number of amides is 3. The number of imide groups is 1. The first-order valence-corrected chi connectivity index (χ1v) is 9.38. The van der Waals surface area contributed by atoms with E-state index in [1.807, 2.05) is 37.3 Å². The van der Waals surface area contributed by atoms with Crippen LogP contribution >= 0.6 is 0 Å². The van der Waals surface area contributed by atoms with Gasteiger partial charge in [0.05, 0.1) is 12.6 Å². The van der Waals surface area contributed by atoms with Crippen molar-refractivity contribution in [3.8, 4) is 0 Å². The van der Waals surface area contributed by atoms with E-state index < -0.39 is 6.03 Å². The lowest BCUT2D eigenvalue weighted by Gasteiger charge is -2.20. The first kappa shape index (κ1) is 20.6. The molecule has 0 fully saturated rings. The Bertz CT molecular complexity index is 727. The zero-order chi connectivity index (χ0) is 19.6. The third-order valence-electron chi connectivity index (χ3n) is 4.27. The smallest absolute Gasteiger partial charge is 0.321 e. The Labute approximate surface area is 161 Å². The number of carbonyl (C=O) groups is 2. The zero-order valence-electron chi connectivity index (χ0n) is 16.3. The van der Waals surface area contributed by atoms with Gasteiger partial charge in [-0.05, 0) is 30.4 Å². The summed E-state index contributed by atoms with van der Waals surface area (Å²) in [7, 11) is 0. The van der Waals surface area contributed by atoms with Gasteiger partial charge < -0.3 is 5.32 Å². The van der Waals surface area contributed by atoms with Gasteiger partial charge in [0.15, 0.2) is 0 Å². The number of rotatable bonds is 8. The van der Waals surface area contributed by atoms with E-state index in [1.165, 1.54) is 5.56 Å². The summed E-state index contributed by atoms with van der Waals surface area (Å²) >= 11 is 0. The van der Waals surface area contributed by atoms with Crippen molar-refractivity contribution in [2.24, 2.45) is 5.92 Å². The van der Waals surface area contributed by atoms with Crippen LogP contribution in [0.2, 0.25) is 0 Å².